The lowest BCUT2D eigenvalue weighted by Crippen LogP contribution is -1.90. The van der Waals surface area contributed by atoms with Crippen LogP contribution in [0.4, 0.5) is 0 Å². The number of halogens is 1. The standard InChI is InChI=1S/C11H15BrO2/c1-2-3-6-9(12)8-5-4-7-10(13)11(8)14/h4-5,7,9,13-14H,2-3,6H2,1H3. The van der Waals surface area contributed by atoms with Crippen molar-refractivity contribution in [1.82, 2.24) is 0 Å². The van der Waals surface area contributed by atoms with Gasteiger partial charge in [-0.05, 0) is 12.5 Å². The maximum absolute atomic E-state index is 9.59. The zero-order chi connectivity index (χ0) is 10.6. The largest absolute Gasteiger partial charge is 0.504 e. The molecule has 0 radical (unpaired) electrons. The number of benzene rings is 1. The minimum Gasteiger partial charge on any atom is -0.504 e. The van der Waals surface area contributed by atoms with Crippen LogP contribution in [0.1, 0.15) is 36.6 Å². The Bertz CT molecular complexity index is 299. The van der Waals surface area contributed by atoms with Crippen LogP contribution < -0.4 is 0 Å². The van der Waals surface area contributed by atoms with E-state index >= 15 is 0 Å². The van der Waals surface area contributed by atoms with E-state index in [-0.39, 0.29) is 16.3 Å². The summed E-state index contributed by atoms with van der Waals surface area (Å²) in [5, 5.41) is 18.9. The van der Waals surface area contributed by atoms with E-state index in [4.69, 9.17) is 0 Å². The second-order valence-electron chi connectivity index (χ2n) is 3.32. The van der Waals surface area contributed by atoms with Crippen molar-refractivity contribution in [2.45, 2.75) is 31.0 Å². The number of phenolic OH excluding ortho intramolecular Hbond substituents is 2. The van der Waals surface area contributed by atoms with Crippen LogP contribution in [0.5, 0.6) is 11.5 Å². The molecule has 1 aromatic rings. The molecule has 1 atom stereocenters. The second-order valence-corrected chi connectivity index (χ2v) is 4.43. The molecule has 0 heterocycles. The normalized spacial score (nSPS) is 12.7. The van der Waals surface area contributed by atoms with Gasteiger partial charge in [0.05, 0.1) is 0 Å². The zero-order valence-corrected chi connectivity index (χ0v) is 9.79. The first-order valence-electron chi connectivity index (χ1n) is 4.81. The average molecular weight is 259 g/mol. The molecule has 78 valence electrons. The zero-order valence-electron chi connectivity index (χ0n) is 8.20. The third kappa shape index (κ3) is 2.64. The first kappa shape index (κ1) is 11.4. The van der Waals surface area contributed by atoms with Crippen molar-refractivity contribution in [3.05, 3.63) is 23.8 Å². The van der Waals surface area contributed by atoms with Gasteiger partial charge in [-0.15, -0.1) is 0 Å². The van der Waals surface area contributed by atoms with Crippen molar-refractivity contribution in [1.29, 1.82) is 0 Å². The summed E-state index contributed by atoms with van der Waals surface area (Å²) >= 11 is 3.50. The Labute approximate surface area is 92.7 Å². The van der Waals surface area contributed by atoms with Crippen LogP contribution in [0.3, 0.4) is 0 Å². The molecular formula is C11H15BrO2. The summed E-state index contributed by atoms with van der Waals surface area (Å²) in [6.07, 6.45) is 3.19. The number of unbranched alkanes of at least 4 members (excludes halogenated alkanes) is 1. The van der Waals surface area contributed by atoms with Crippen molar-refractivity contribution in [3.8, 4) is 11.5 Å². The molecule has 0 bridgehead atoms. The highest BCUT2D eigenvalue weighted by Crippen LogP contribution is 2.38. The number of hydrogen-bond donors (Lipinski definition) is 2. The quantitative estimate of drug-likeness (QED) is 0.639. The molecule has 1 aromatic carbocycles. The average Bonchev–Trinajstić information content (AvgIpc) is 2.18. The first-order chi connectivity index (χ1) is 6.66. The van der Waals surface area contributed by atoms with Crippen LogP contribution in [-0.4, -0.2) is 10.2 Å². The molecule has 1 rings (SSSR count). The minimum atomic E-state index is -0.0524. The number of rotatable bonds is 4. The molecule has 0 fully saturated rings. The molecule has 1 unspecified atom stereocenters. The van der Waals surface area contributed by atoms with E-state index in [2.05, 4.69) is 22.9 Å². The summed E-state index contributed by atoms with van der Waals surface area (Å²) in [5.74, 6) is -0.0612. The van der Waals surface area contributed by atoms with E-state index in [1.54, 1.807) is 6.07 Å². The number of aromatic hydroxyl groups is 2. The van der Waals surface area contributed by atoms with Gasteiger partial charge in [-0.1, -0.05) is 47.8 Å². The lowest BCUT2D eigenvalue weighted by molar-refractivity contribution is 0.398. The fourth-order valence-electron chi connectivity index (χ4n) is 1.34. The van der Waals surface area contributed by atoms with Gasteiger partial charge < -0.3 is 10.2 Å². The second kappa shape index (κ2) is 5.25. The molecule has 0 aliphatic carbocycles. The van der Waals surface area contributed by atoms with Crippen LogP contribution in [0.2, 0.25) is 0 Å². The summed E-state index contributed by atoms with van der Waals surface area (Å²) < 4.78 is 0. The topological polar surface area (TPSA) is 40.5 Å². The van der Waals surface area contributed by atoms with Gasteiger partial charge in [0, 0.05) is 10.4 Å². The Kier molecular flexibility index (Phi) is 4.26. The van der Waals surface area contributed by atoms with Crippen molar-refractivity contribution >= 4 is 15.9 Å². The Morgan fingerprint density at radius 1 is 1.36 bits per heavy atom. The number of para-hydroxylation sites is 1. The van der Waals surface area contributed by atoms with E-state index < -0.39 is 0 Å². The summed E-state index contributed by atoms with van der Waals surface area (Å²) in [6.45, 7) is 2.13. The molecular weight excluding hydrogens is 244 g/mol. The Morgan fingerprint density at radius 3 is 2.71 bits per heavy atom. The third-order valence-corrected chi connectivity index (χ3v) is 3.15. The van der Waals surface area contributed by atoms with Crippen molar-refractivity contribution < 1.29 is 10.2 Å². The van der Waals surface area contributed by atoms with Crippen molar-refractivity contribution in [2.75, 3.05) is 0 Å². The summed E-state index contributed by atoms with van der Waals surface area (Å²) in [4.78, 5) is 0.120. The van der Waals surface area contributed by atoms with Crippen LogP contribution in [-0.2, 0) is 0 Å². The van der Waals surface area contributed by atoms with Gasteiger partial charge in [-0.2, -0.15) is 0 Å². The smallest absolute Gasteiger partial charge is 0.161 e. The van der Waals surface area contributed by atoms with E-state index in [9.17, 15) is 10.2 Å². The molecule has 2 nitrogen and oxygen atoms in total. The molecule has 2 N–H and O–H groups in total. The molecule has 0 amide bonds. The van der Waals surface area contributed by atoms with E-state index in [0.29, 0.717) is 0 Å². The van der Waals surface area contributed by atoms with Gasteiger partial charge in [-0.3, -0.25) is 0 Å². The molecule has 0 aliphatic heterocycles. The molecule has 0 aliphatic rings. The molecule has 0 spiro atoms. The van der Waals surface area contributed by atoms with E-state index in [0.717, 1.165) is 24.8 Å². The van der Waals surface area contributed by atoms with Gasteiger partial charge in [0.2, 0.25) is 0 Å². The monoisotopic (exact) mass is 258 g/mol. The maximum atomic E-state index is 9.59. The molecule has 14 heavy (non-hydrogen) atoms. The molecule has 3 heteroatoms. The highest BCUT2D eigenvalue weighted by molar-refractivity contribution is 9.09. The van der Waals surface area contributed by atoms with Gasteiger partial charge in [0.25, 0.3) is 0 Å². The van der Waals surface area contributed by atoms with E-state index in [1.165, 1.54) is 6.07 Å². The lowest BCUT2D eigenvalue weighted by atomic mass is 10.1. The molecule has 0 aromatic heterocycles. The Balaban J connectivity index is 2.79. The van der Waals surface area contributed by atoms with Crippen LogP contribution in [0.15, 0.2) is 18.2 Å². The van der Waals surface area contributed by atoms with Gasteiger partial charge in [0.1, 0.15) is 0 Å². The van der Waals surface area contributed by atoms with Crippen molar-refractivity contribution in [2.24, 2.45) is 0 Å². The van der Waals surface area contributed by atoms with Crippen LogP contribution >= 0.6 is 15.9 Å². The first-order valence-corrected chi connectivity index (χ1v) is 5.73. The molecule has 0 saturated carbocycles. The highest BCUT2D eigenvalue weighted by Gasteiger charge is 2.13. The lowest BCUT2D eigenvalue weighted by Gasteiger charge is -2.11. The molecule has 0 saturated heterocycles. The Morgan fingerprint density at radius 2 is 2.07 bits per heavy atom. The third-order valence-electron chi connectivity index (χ3n) is 2.19. The van der Waals surface area contributed by atoms with Crippen molar-refractivity contribution in [3.63, 3.8) is 0 Å². The van der Waals surface area contributed by atoms with Crippen LogP contribution in [0, 0.1) is 0 Å². The predicted molar refractivity (Wildman–Crippen MR) is 61.0 cm³/mol. The number of hydrogen-bond acceptors (Lipinski definition) is 2. The highest BCUT2D eigenvalue weighted by atomic mass is 79.9. The summed E-state index contributed by atoms with van der Waals surface area (Å²) in [7, 11) is 0. The van der Waals surface area contributed by atoms with E-state index in [1.807, 2.05) is 6.07 Å². The van der Waals surface area contributed by atoms with Crippen LogP contribution in [0.25, 0.3) is 0 Å². The fraction of sp³-hybridized carbons (Fsp3) is 0.455. The van der Waals surface area contributed by atoms with Gasteiger partial charge in [0.15, 0.2) is 11.5 Å². The summed E-state index contributed by atoms with van der Waals surface area (Å²) in [5.41, 5.74) is 0.762. The van der Waals surface area contributed by atoms with Gasteiger partial charge >= 0.3 is 0 Å². The Hall–Kier alpha value is -0.700. The summed E-state index contributed by atoms with van der Waals surface area (Å²) in [6, 6.07) is 5.05. The SMILES string of the molecule is CCCCC(Br)c1cccc(O)c1O. The minimum absolute atomic E-state index is 0.00882. The number of phenols is 2. The maximum Gasteiger partial charge on any atom is 0.161 e. The fourth-order valence-corrected chi connectivity index (χ4v) is 2.03. The number of alkyl halides is 1. The van der Waals surface area contributed by atoms with Gasteiger partial charge in [-0.25, -0.2) is 0 Å². The predicted octanol–water partition coefficient (Wildman–Crippen LogP) is 3.72.